The third-order valence-corrected chi connectivity index (χ3v) is 24.5. The Bertz CT molecular complexity index is 2360. The predicted molar refractivity (Wildman–Crippen MR) is 294 cm³/mol. The molecule has 0 bridgehead atoms. The van der Waals surface area contributed by atoms with E-state index < -0.39 is 87.7 Å². The number of amides is 6. The number of carbonyl (C=O) groups excluding carboxylic acids is 6. The molecule has 0 aliphatic carbocycles. The summed E-state index contributed by atoms with van der Waals surface area (Å²) in [6.07, 6.45) is 10.2. The maximum atomic E-state index is 15.9. The molecule has 6 rings (SSSR count). The molecule has 6 amide bonds. The highest BCUT2D eigenvalue weighted by molar-refractivity contribution is 8.46. The van der Waals surface area contributed by atoms with E-state index in [1.54, 1.807) is 79.1 Å². The van der Waals surface area contributed by atoms with Crippen LogP contribution in [-0.2, 0) is 46.9 Å². The minimum Gasteiger partial charge on any atom is -0.291 e. The second-order valence-corrected chi connectivity index (χ2v) is 35.2. The molecule has 0 aromatic heterocycles. The van der Waals surface area contributed by atoms with E-state index in [2.05, 4.69) is 50.3 Å². The van der Waals surface area contributed by atoms with E-state index in [9.17, 15) is 28.8 Å². The SMILES string of the molecule is C=C(C)CN1C(=O)C(C)S/C1=N\N=C1/N(C)C(=O)C(OP(=O)(OC2C(=O)N(C)/C(=N\N=C3/SC(C)C(=O)N3CC(=C)C)S2(C)C)OC2C(=O)N(C)/C(=N\N=C3/SC(C)C(=O)N3CC(=C)C)S2(C)C)S1(C)C. The molecule has 71 heavy (non-hydrogen) atoms. The lowest BCUT2D eigenvalue weighted by Gasteiger charge is -2.37. The number of phosphoric acid groups is 1. The molecule has 0 N–H and O–H groups in total. The molecule has 0 aromatic rings. The van der Waals surface area contributed by atoms with E-state index in [4.69, 9.17) is 13.6 Å². The molecule has 6 saturated heterocycles. The molecule has 0 saturated carbocycles. The molecule has 22 nitrogen and oxygen atoms in total. The summed E-state index contributed by atoms with van der Waals surface area (Å²) in [5.41, 5.74) is -2.56. The van der Waals surface area contributed by atoms with Crippen molar-refractivity contribution in [3.05, 3.63) is 36.5 Å². The Morgan fingerprint density at radius 1 is 0.479 bits per heavy atom. The Labute approximate surface area is 432 Å². The summed E-state index contributed by atoms with van der Waals surface area (Å²) >= 11 is 3.61. The Hall–Kier alpha value is -3.73. The van der Waals surface area contributed by atoms with Crippen molar-refractivity contribution in [2.24, 2.45) is 30.6 Å². The number of amidine groups is 6. The Kier molecular flexibility index (Phi) is 16.6. The fourth-order valence-electron chi connectivity index (χ4n) is 7.75. The van der Waals surface area contributed by atoms with Crippen LogP contribution >= 0.6 is 73.2 Å². The molecule has 0 spiro atoms. The zero-order valence-electron chi connectivity index (χ0n) is 42.6. The monoisotopic (exact) mass is 1120 g/mol. The number of thioether (sulfide) groups is 3. The van der Waals surface area contributed by atoms with Crippen molar-refractivity contribution < 1.29 is 46.9 Å². The average Bonchev–Trinajstić information content (AvgIpc) is 3.92. The van der Waals surface area contributed by atoms with Crippen molar-refractivity contribution in [2.75, 3.05) is 78.3 Å². The topological polar surface area (TPSA) is 241 Å². The molecule has 6 heterocycles. The van der Waals surface area contributed by atoms with E-state index in [0.717, 1.165) is 16.7 Å². The van der Waals surface area contributed by atoms with Crippen molar-refractivity contribution in [2.45, 2.75) is 73.6 Å². The van der Waals surface area contributed by atoms with Gasteiger partial charge in [-0.1, -0.05) is 71.7 Å². The summed E-state index contributed by atoms with van der Waals surface area (Å²) < 4.78 is 35.0. The molecule has 392 valence electrons. The van der Waals surface area contributed by atoms with Crippen LogP contribution in [-0.4, -0.2) is 206 Å². The molecular weight excluding hydrogens is 1060 g/mol. The number of carbonyl (C=O) groups is 6. The fourth-order valence-corrected chi connectivity index (χ4v) is 20.9. The van der Waals surface area contributed by atoms with Gasteiger partial charge in [-0.05, 0) is 79.1 Å². The van der Waals surface area contributed by atoms with Gasteiger partial charge in [0.1, 0.15) is 0 Å². The van der Waals surface area contributed by atoms with E-state index in [1.165, 1.54) is 85.8 Å². The summed E-state index contributed by atoms with van der Waals surface area (Å²) in [5, 5.41) is 26.9. The Morgan fingerprint density at radius 2 is 0.704 bits per heavy atom. The summed E-state index contributed by atoms with van der Waals surface area (Å²) in [7, 11) is -8.72. The van der Waals surface area contributed by atoms with E-state index in [1.807, 2.05) is 0 Å². The third-order valence-electron chi connectivity index (χ3n) is 11.5. The normalized spacial score (nSPS) is 33.1. The number of nitrogens with zero attached hydrogens (tertiary/aromatic N) is 12. The summed E-state index contributed by atoms with van der Waals surface area (Å²) in [5.74, 6) is -2.59. The van der Waals surface area contributed by atoms with Crippen molar-refractivity contribution in [3.8, 4) is 0 Å². The van der Waals surface area contributed by atoms with Crippen LogP contribution in [0.5, 0.6) is 0 Å². The summed E-state index contributed by atoms with van der Waals surface area (Å²) in [4.78, 5) is 90.3. The average molecular weight is 1120 g/mol. The van der Waals surface area contributed by atoms with Gasteiger partial charge in [0.25, 0.3) is 17.7 Å². The van der Waals surface area contributed by atoms with E-state index >= 15 is 4.57 Å². The highest BCUT2D eigenvalue weighted by Gasteiger charge is 2.60. The van der Waals surface area contributed by atoms with E-state index in [-0.39, 0.29) is 52.9 Å². The fraction of sp³-hybridized carbons (Fsp3) is 0.571. The van der Waals surface area contributed by atoms with Gasteiger partial charge in [-0.2, -0.15) is 30.1 Å². The predicted octanol–water partition coefficient (Wildman–Crippen LogP) is 5.23. The smallest absolute Gasteiger partial charge is 0.291 e. The largest absolute Gasteiger partial charge is 0.479 e. The van der Waals surface area contributed by atoms with Gasteiger partial charge in [-0.3, -0.25) is 71.7 Å². The number of phosphoric ester groups is 1. The Morgan fingerprint density at radius 3 is 0.915 bits per heavy atom. The highest BCUT2D eigenvalue weighted by atomic mass is 32.3. The lowest BCUT2D eigenvalue weighted by Crippen LogP contribution is -2.34. The lowest BCUT2D eigenvalue weighted by molar-refractivity contribution is -0.133. The summed E-state index contributed by atoms with van der Waals surface area (Å²) in [6, 6.07) is 0. The minimum atomic E-state index is -5.28. The van der Waals surface area contributed by atoms with Crippen LogP contribution in [0.3, 0.4) is 0 Å². The zero-order chi connectivity index (χ0) is 53.2. The molecular formula is C42H63N12O10PS6. The third kappa shape index (κ3) is 10.9. The van der Waals surface area contributed by atoms with Crippen molar-refractivity contribution in [1.29, 1.82) is 0 Å². The number of hydrogen-bond donors (Lipinski definition) is 0. The van der Waals surface area contributed by atoms with Crippen LogP contribution in [0.25, 0.3) is 0 Å². The number of hydrogen-bond acceptors (Lipinski definition) is 19. The molecule has 6 fully saturated rings. The molecule has 6 aliphatic heterocycles. The number of likely N-dealkylation sites (N-methyl/N-ethyl adjacent to an activating group) is 3. The Balaban J connectivity index is 1.41. The molecule has 6 unspecified atom stereocenters. The molecule has 6 aliphatic rings. The standard InChI is InChI=1S/C42H63N12O10PS6/c1-22(2)19-52-28(55)25(7)66-37(52)43-46-40-49(10)31(58)34(69(40,13)14)62-65(61,63-35-32(59)50(11)41(70(35,15)16)47-44-38-53(20-23(3)4)29(56)26(8)67-38)64-36-33(60)51(12)42(71(36,17)18)48-45-39-54(21-24(5)6)30(57)27(9)68-39/h25-27,34-36H,1,3,5,19-21H2,2,4,6-18H3/b43-37-,44-38-,45-39-,46-40+,47-41+,48-42+. The maximum absolute atomic E-state index is 15.9. The van der Waals surface area contributed by atoms with Gasteiger partial charge in [-0.25, -0.2) is 4.57 Å². The van der Waals surface area contributed by atoms with Crippen molar-refractivity contribution in [3.63, 3.8) is 0 Å². The molecule has 6 atom stereocenters. The second-order valence-electron chi connectivity index (χ2n) is 18.9. The second kappa shape index (κ2) is 20.9. The minimum absolute atomic E-state index is 0.165. The highest BCUT2D eigenvalue weighted by Crippen LogP contribution is 2.69. The van der Waals surface area contributed by atoms with Crippen LogP contribution in [0.15, 0.2) is 67.1 Å². The van der Waals surface area contributed by atoms with Gasteiger partial charge in [0.05, 0.1) is 15.7 Å². The van der Waals surface area contributed by atoms with Crippen LogP contribution in [0.4, 0.5) is 0 Å². The lowest BCUT2D eigenvalue weighted by atomic mass is 10.3. The molecule has 0 aromatic carbocycles. The first-order valence-electron chi connectivity index (χ1n) is 21.8. The number of rotatable bonds is 15. The first-order chi connectivity index (χ1) is 32.8. The van der Waals surface area contributed by atoms with E-state index in [0.29, 0.717) is 15.5 Å². The van der Waals surface area contributed by atoms with Crippen LogP contribution in [0, 0.1) is 0 Å². The van der Waals surface area contributed by atoms with Gasteiger partial charge in [-0.15, -0.1) is 30.6 Å². The molecule has 29 heteroatoms. The first kappa shape index (κ1) is 56.6. The summed E-state index contributed by atoms with van der Waals surface area (Å²) in [6.45, 7) is 23.0. The molecule has 0 radical (unpaired) electrons. The van der Waals surface area contributed by atoms with Gasteiger partial charge in [0, 0.05) is 40.8 Å². The van der Waals surface area contributed by atoms with Gasteiger partial charge in [0.15, 0.2) is 47.3 Å². The van der Waals surface area contributed by atoms with Crippen LogP contribution in [0.1, 0.15) is 41.5 Å². The van der Waals surface area contributed by atoms with Crippen molar-refractivity contribution in [1.82, 2.24) is 29.4 Å². The van der Waals surface area contributed by atoms with Crippen LogP contribution in [0.2, 0.25) is 0 Å². The van der Waals surface area contributed by atoms with Crippen molar-refractivity contribution >= 4 is 140 Å². The maximum Gasteiger partial charge on any atom is 0.479 e. The van der Waals surface area contributed by atoms with Gasteiger partial charge < -0.3 is 0 Å². The quantitative estimate of drug-likeness (QED) is 0.116. The zero-order valence-corrected chi connectivity index (χ0v) is 48.3. The van der Waals surface area contributed by atoms with Gasteiger partial charge in [0.2, 0.25) is 17.7 Å². The first-order valence-corrected chi connectivity index (χ1v) is 33.4. The van der Waals surface area contributed by atoms with Crippen LogP contribution < -0.4 is 0 Å². The van der Waals surface area contributed by atoms with Gasteiger partial charge >= 0.3 is 7.82 Å².